The Morgan fingerprint density at radius 2 is 1.86 bits per heavy atom. The van der Waals surface area contributed by atoms with Crippen molar-refractivity contribution in [2.75, 3.05) is 0 Å². The number of hydrogen-bond acceptors (Lipinski definition) is 2. The number of benzene rings is 2. The van der Waals surface area contributed by atoms with Crippen molar-refractivity contribution in [3.05, 3.63) is 58.9 Å². The third kappa shape index (κ3) is 3.52. The van der Waals surface area contributed by atoms with Gasteiger partial charge in [-0.15, -0.1) is 0 Å². The van der Waals surface area contributed by atoms with E-state index in [1.165, 1.54) is 18.2 Å². The second kappa shape index (κ2) is 5.73. The van der Waals surface area contributed by atoms with Crippen LogP contribution in [-0.4, -0.2) is 5.11 Å². The van der Waals surface area contributed by atoms with E-state index >= 15 is 0 Å². The summed E-state index contributed by atoms with van der Waals surface area (Å²) in [6.07, 6.45) is -4.49. The minimum absolute atomic E-state index is 0.108. The van der Waals surface area contributed by atoms with Gasteiger partial charge in [0.05, 0.1) is 12.2 Å². The zero-order valence-electron chi connectivity index (χ0n) is 11.0. The molecule has 21 heavy (non-hydrogen) atoms. The summed E-state index contributed by atoms with van der Waals surface area (Å²) in [7, 11) is 0. The molecule has 0 heterocycles. The van der Waals surface area contributed by atoms with E-state index in [2.05, 4.69) is 0 Å². The maximum absolute atomic E-state index is 13.9. The molecule has 0 saturated carbocycles. The summed E-state index contributed by atoms with van der Waals surface area (Å²) in [5, 5.41) is 8.96. The molecule has 0 amide bonds. The van der Waals surface area contributed by atoms with Crippen LogP contribution in [0.3, 0.4) is 0 Å². The lowest BCUT2D eigenvalue weighted by atomic mass is 10.1. The SMILES string of the molecule is Cc1cc(CO)cc(F)c1Oc1cccc(C(F)(F)F)c1. The highest BCUT2D eigenvalue weighted by Crippen LogP contribution is 2.34. The molecule has 0 aliphatic rings. The molecule has 0 spiro atoms. The van der Waals surface area contributed by atoms with Crippen LogP contribution in [0.2, 0.25) is 0 Å². The summed E-state index contributed by atoms with van der Waals surface area (Å²) in [5.41, 5.74) is -0.122. The first-order chi connectivity index (χ1) is 9.81. The van der Waals surface area contributed by atoms with Crippen LogP contribution in [-0.2, 0) is 12.8 Å². The Kier molecular flexibility index (Phi) is 4.18. The maximum Gasteiger partial charge on any atom is 0.416 e. The van der Waals surface area contributed by atoms with Crippen LogP contribution in [0.5, 0.6) is 11.5 Å². The molecule has 112 valence electrons. The predicted octanol–water partition coefficient (Wildman–Crippen LogP) is 4.44. The van der Waals surface area contributed by atoms with Crippen molar-refractivity contribution in [1.29, 1.82) is 0 Å². The molecule has 0 aliphatic carbocycles. The molecule has 0 bridgehead atoms. The Morgan fingerprint density at radius 1 is 1.14 bits per heavy atom. The van der Waals surface area contributed by atoms with E-state index in [1.54, 1.807) is 6.92 Å². The normalized spacial score (nSPS) is 11.5. The summed E-state index contributed by atoms with van der Waals surface area (Å²) >= 11 is 0. The molecule has 0 saturated heterocycles. The van der Waals surface area contributed by atoms with Gasteiger partial charge in [-0.2, -0.15) is 13.2 Å². The fraction of sp³-hybridized carbons (Fsp3) is 0.200. The molecule has 2 aromatic rings. The highest BCUT2D eigenvalue weighted by molar-refractivity contribution is 5.42. The zero-order chi connectivity index (χ0) is 15.6. The summed E-state index contributed by atoms with van der Waals surface area (Å²) in [6.45, 7) is 1.22. The minimum atomic E-state index is -4.49. The van der Waals surface area contributed by atoms with Crippen LogP contribution in [0, 0.1) is 12.7 Å². The van der Waals surface area contributed by atoms with Crippen molar-refractivity contribution in [2.45, 2.75) is 19.7 Å². The van der Waals surface area contributed by atoms with E-state index in [4.69, 9.17) is 9.84 Å². The summed E-state index contributed by atoms with van der Waals surface area (Å²) in [5.74, 6) is -1.01. The van der Waals surface area contributed by atoms with Gasteiger partial charge in [0.1, 0.15) is 5.75 Å². The number of aliphatic hydroxyl groups is 1. The van der Waals surface area contributed by atoms with E-state index in [0.717, 1.165) is 18.2 Å². The molecule has 2 rings (SSSR count). The highest BCUT2D eigenvalue weighted by atomic mass is 19.4. The first-order valence-electron chi connectivity index (χ1n) is 6.06. The molecular weight excluding hydrogens is 288 g/mol. The molecule has 0 atom stereocenters. The monoisotopic (exact) mass is 300 g/mol. The zero-order valence-corrected chi connectivity index (χ0v) is 11.0. The molecule has 2 aromatic carbocycles. The van der Waals surface area contributed by atoms with Crippen molar-refractivity contribution in [2.24, 2.45) is 0 Å². The second-order valence-electron chi connectivity index (χ2n) is 4.51. The summed E-state index contributed by atoms with van der Waals surface area (Å²) in [4.78, 5) is 0. The van der Waals surface area contributed by atoms with E-state index in [1.807, 2.05) is 0 Å². The van der Waals surface area contributed by atoms with Crippen molar-refractivity contribution in [3.8, 4) is 11.5 Å². The molecular formula is C15H12F4O2. The maximum atomic E-state index is 13.9. The van der Waals surface area contributed by atoms with Crippen LogP contribution in [0.15, 0.2) is 36.4 Å². The van der Waals surface area contributed by atoms with Gasteiger partial charge in [0, 0.05) is 0 Å². The fourth-order valence-corrected chi connectivity index (χ4v) is 1.88. The molecule has 0 aromatic heterocycles. The Morgan fingerprint density at radius 3 is 2.43 bits per heavy atom. The van der Waals surface area contributed by atoms with Gasteiger partial charge in [-0.3, -0.25) is 0 Å². The first-order valence-corrected chi connectivity index (χ1v) is 6.06. The number of aryl methyl sites for hydroxylation is 1. The number of ether oxygens (including phenoxy) is 1. The quantitative estimate of drug-likeness (QED) is 0.849. The third-order valence-electron chi connectivity index (χ3n) is 2.85. The third-order valence-corrected chi connectivity index (χ3v) is 2.85. The lowest BCUT2D eigenvalue weighted by molar-refractivity contribution is -0.137. The average Bonchev–Trinajstić information content (AvgIpc) is 2.42. The number of halogens is 4. The molecule has 0 radical (unpaired) electrons. The van der Waals surface area contributed by atoms with Crippen molar-refractivity contribution < 1.29 is 27.4 Å². The van der Waals surface area contributed by atoms with Crippen LogP contribution < -0.4 is 4.74 Å². The van der Waals surface area contributed by atoms with Gasteiger partial charge in [0.2, 0.25) is 0 Å². The van der Waals surface area contributed by atoms with Crippen LogP contribution in [0.25, 0.3) is 0 Å². The topological polar surface area (TPSA) is 29.5 Å². The largest absolute Gasteiger partial charge is 0.454 e. The van der Waals surface area contributed by atoms with Gasteiger partial charge < -0.3 is 9.84 Å². The van der Waals surface area contributed by atoms with E-state index in [9.17, 15) is 17.6 Å². The van der Waals surface area contributed by atoms with Gasteiger partial charge >= 0.3 is 6.18 Å². The summed E-state index contributed by atoms with van der Waals surface area (Å²) in [6, 6.07) is 6.80. The molecule has 0 aliphatic heterocycles. The molecule has 0 fully saturated rings. The Bertz CT molecular complexity index is 627. The minimum Gasteiger partial charge on any atom is -0.454 e. The number of rotatable bonds is 3. The second-order valence-corrected chi connectivity index (χ2v) is 4.51. The van der Waals surface area contributed by atoms with Crippen LogP contribution >= 0.6 is 0 Å². The van der Waals surface area contributed by atoms with Gasteiger partial charge in [-0.1, -0.05) is 6.07 Å². The molecule has 1 N–H and O–H groups in total. The van der Waals surface area contributed by atoms with Gasteiger partial charge in [-0.05, 0) is 48.4 Å². The lowest BCUT2D eigenvalue weighted by Gasteiger charge is -2.13. The molecule has 0 unspecified atom stereocenters. The van der Waals surface area contributed by atoms with Gasteiger partial charge in [0.15, 0.2) is 11.6 Å². The predicted molar refractivity (Wildman–Crippen MR) is 68.6 cm³/mol. The highest BCUT2D eigenvalue weighted by Gasteiger charge is 2.30. The lowest BCUT2D eigenvalue weighted by Crippen LogP contribution is -2.04. The number of aliphatic hydroxyl groups excluding tert-OH is 1. The van der Waals surface area contributed by atoms with Crippen molar-refractivity contribution in [1.82, 2.24) is 0 Å². The average molecular weight is 300 g/mol. The number of alkyl halides is 3. The molecule has 6 heteroatoms. The fourth-order valence-electron chi connectivity index (χ4n) is 1.88. The van der Waals surface area contributed by atoms with Crippen LogP contribution in [0.1, 0.15) is 16.7 Å². The molecule has 2 nitrogen and oxygen atoms in total. The summed E-state index contributed by atoms with van der Waals surface area (Å²) < 4.78 is 56.9. The smallest absolute Gasteiger partial charge is 0.416 e. The van der Waals surface area contributed by atoms with Crippen LogP contribution in [0.4, 0.5) is 17.6 Å². The van der Waals surface area contributed by atoms with Crippen molar-refractivity contribution in [3.63, 3.8) is 0 Å². The Hall–Kier alpha value is -2.08. The van der Waals surface area contributed by atoms with Gasteiger partial charge in [-0.25, -0.2) is 4.39 Å². The standard InChI is InChI=1S/C15H12F4O2/c1-9-5-10(8-20)6-13(16)14(9)21-12-4-2-3-11(7-12)15(17,18)19/h2-7,20H,8H2,1H3. The van der Waals surface area contributed by atoms with E-state index in [-0.39, 0.29) is 18.1 Å². The van der Waals surface area contributed by atoms with E-state index in [0.29, 0.717) is 11.1 Å². The van der Waals surface area contributed by atoms with Gasteiger partial charge in [0.25, 0.3) is 0 Å². The van der Waals surface area contributed by atoms with E-state index < -0.39 is 17.6 Å². The number of hydrogen-bond donors (Lipinski definition) is 1. The Balaban J connectivity index is 2.35. The first kappa shape index (κ1) is 15.3. The van der Waals surface area contributed by atoms with Crippen molar-refractivity contribution >= 4 is 0 Å². The Labute approximate surface area is 118 Å².